The molecule has 0 aromatic rings. The predicted octanol–water partition coefficient (Wildman–Crippen LogP) is 4.09. The van der Waals surface area contributed by atoms with Crippen LogP contribution >= 0.6 is 11.8 Å². The summed E-state index contributed by atoms with van der Waals surface area (Å²) >= 11 is 2.17. The molecule has 1 saturated heterocycles. The zero-order valence-electron chi connectivity index (χ0n) is 13.8. The highest BCUT2D eigenvalue weighted by Crippen LogP contribution is 2.43. The summed E-state index contributed by atoms with van der Waals surface area (Å²) in [5.74, 6) is 2.08. The molecule has 1 N–H and O–H groups in total. The minimum atomic E-state index is 0.501. The number of thioether (sulfide) groups is 1. The van der Waals surface area contributed by atoms with E-state index in [1.54, 1.807) is 0 Å². The molecule has 0 bridgehead atoms. The average Bonchev–Trinajstić information content (AvgIpc) is 2.98. The highest BCUT2D eigenvalue weighted by Gasteiger charge is 2.37. The van der Waals surface area contributed by atoms with Crippen LogP contribution in [0.5, 0.6) is 0 Å². The first-order valence-electron chi connectivity index (χ1n) is 8.47. The second-order valence-electron chi connectivity index (χ2n) is 7.25. The Balaban J connectivity index is 1.88. The van der Waals surface area contributed by atoms with E-state index >= 15 is 0 Å². The van der Waals surface area contributed by atoms with E-state index in [0.717, 1.165) is 17.8 Å². The lowest BCUT2D eigenvalue weighted by Crippen LogP contribution is -2.44. The van der Waals surface area contributed by atoms with Gasteiger partial charge in [-0.25, -0.2) is 0 Å². The first kappa shape index (κ1) is 16.6. The van der Waals surface area contributed by atoms with Gasteiger partial charge in [-0.15, -0.1) is 0 Å². The van der Waals surface area contributed by atoms with Gasteiger partial charge in [-0.1, -0.05) is 27.2 Å². The molecule has 1 saturated carbocycles. The lowest BCUT2D eigenvalue weighted by Gasteiger charge is -2.43. The highest BCUT2D eigenvalue weighted by atomic mass is 32.2. The Bertz CT molecular complexity index is 289. The monoisotopic (exact) mass is 299 g/mol. The number of rotatable bonds is 6. The average molecular weight is 300 g/mol. The molecule has 0 radical (unpaired) electrons. The van der Waals surface area contributed by atoms with Crippen LogP contribution in [0.25, 0.3) is 0 Å². The molecule has 0 amide bonds. The molecule has 118 valence electrons. The molecule has 1 aliphatic heterocycles. The minimum Gasteiger partial charge on any atom is -0.377 e. The van der Waals surface area contributed by atoms with E-state index in [4.69, 9.17) is 4.74 Å². The van der Waals surface area contributed by atoms with Crippen LogP contribution in [-0.4, -0.2) is 36.8 Å². The summed E-state index contributed by atoms with van der Waals surface area (Å²) in [5.41, 5.74) is 0.501. The fourth-order valence-corrected chi connectivity index (χ4v) is 5.25. The summed E-state index contributed by atoms with van der Waals surface area (Å²) in [7, 11) is 2.13. The van der Waals surface area contributed by atoms with Gasteiger partial charge in [0.05, 0.1) is 6.10 Å². The summed E-state index contributed by atoms with van der Waals surface area (Å²) in [4.78, 5) is 0. The largest absolute Gasteiger partial charge is 0.377 e. The molecule has 2 fully saturated rings. The number of ether oxygens (including phenoxy) is 1. The van der Waals surface area contributed by atoms with Gasteiger partial charge >= 0.3 is 0 Å². The Labute approximate surface area is 129 Å². The van der Waals surface area contributed by atoms with E-state index in [1.807, 2.05) is 0 Å². The third-order valence-electron chi connectivity index (χ3n) is 5.70. The molecule has 2 aliphatic rings. The van der Waals surface area contributed by atoms with Crippen molar-refractivity contribution in [3.8, 4) is 0 Å². The maximum Gasteiger partial charge on any atom is 0.0666 e. The molecule has 20 heavy (non-hydrogen) atoms. The van der Waals surface area contributed by atoms with Crippen LogP contribution < -0.4 is 5.32 Å². The van der Waals surface area contributed by atoms with Crippen molar-refractivity contribution in [2.75, 3.05) is 19.4 Å². The van der Waals surface area contributed by atoms with Crippen LogP contribution in [0.15, 0.2) is 0 Å². The van der Waals surface area contributed by atoms with Gasteiger partial charge in [0.15, 0.2) is 0 Å². The normalized spacial score (nSPS) is 35.4. The standard InChI is InChI=1S/C17H33NOS/c1-5-17(2,3)13-8-9-15(18-4)16(11-13)20-12-14-7-6-10-19-14/h13-16,18H,5-12H2,1-4H3. The Kier molecular flexibility index (Phi) is 6.25. The van der Waals surface area contributed by atoms with Crippen LogP contribution in [0.2, 0.25) is 0 Å². The van der Waals surface area contributed by atoms with Crippen molar-refractivity contribution < 1.29 is 4.74 Å². The molecule has 1 aliphatic carbocycles. The lowest BCUT2D eigenvalue weighted by molar-refractivity contribution is 0.127. The third-order valence-corrected chi connectivity index (χ3v) is 7.21. The third kappa shape index (κ3) is 4.14. The zero-order valence-corrected chi connectivity index (χ0v) is 14.6. The Morgan fingerprint density at radius 3 is 2.65 bits per heavy atom. The summed E-state index contributed by atoms with van der Waals surface area (Å²) in [6, 6.07) is 0.699. The number of nitrogens with one attached hydrogen (secondary N) is 1. The molecule has 2 nitrogen and oxygen atoms in total. The summed E-state index contributed by atoms with van der Waals surface area (Å²) in [6.07, 6.45) is 8.47. The molecular formula is C17H33NOS. The lowest BCUT2D eigenvalue weighted by atomic mass is 9.68. The molecule has 4 atom stereocenters. The smallest absolute Gasteiger partial charge is 0.0666 e. The first-order valence-corrected chi connectivity index (χ1v) is 9.52. The molecular weight excluding hydrogens is 266 g/mol. The predicted molar refractivity (Wildman–Crippen MR) is 89.5 cm³/mol. The molecule has 4 unspecified atom stereocenters. The van der Waals surface area contributed by atoms with Gasteiger partial charge in [-0.05, 0) is 50.5 Å². The van der Waals surface area contributed by atoms with Gasteiger partial charge in [0, 0.05) is 23.7 Å². The molecule has 1 heterocycles. The van der Waals surface area contributed by atoms with E-state index < -0.39 is 0 Å². The summed E-state index contributed by atoms with van der Waals surface area (Å²) in [5, 5.41) is 4.33. The van der Waals surface area contributed by atoms with Gasteiger partial charge in [0.25, 0.3) is 0 Å². The topological polar surface area (TPSA) is 21.3 Å². The second kappa shape index (κ2) is 7.51. The quantitative estimate of drug-likeness (QED) is 0.798. The summed E-state index contributed by atoms with van der Waals surface area (Å²) in [6.45, 7) is 8.24. The van der Waals surface area contributed by atoms with Gasteiger partial charge < -0.3 is 10.1 Å². The van der Waals surface area contributed by atoms with Crippen molar-refractivity contribution in [3.05, 3.63) is 0 Å². The fourth-order valence-electron chi connectivity index (χ4n) is 3.65. The van der Waals surface area contributed by atoms with Crippen LogP contribution in [0.4, 0.5) is 0 Å². The minimum absolute atomic E-state index is 0.501. The zero-order chi connectivity index (χ0) is 14.6. The van der Waals surface area contributed by atoms with Crippen LogP contribution in [0, 0.1) is 11.3 Å². The Morgan fingerprint density at radius 2 is 2.05 bits per heavy atom. The molecule has 0 aromatic heterocycles. The molecule has 0 spiro atoms. The van der Waals surface area contributed by atoms with Gasteiger partial charge in [0.1, 0.15) is 0 Å². The Hall–Kier alpha value is 0.270. The van der Waals surface area contributed by atoms with Crippen LogP contribution in [0.3, 0.4) is 0 Å². The Morgan fingerprint density at radius 1 is 1.25 bits per heavy atom. The van der Waals surface area contributed by atoms with Crippen molar-refractivity contribution in [3.63, 3.8) is 0 Å². The maximum atomic E-state index is 5.79. The van der Waals surface area contributed by atoms with E-state index in [-0.39, 0.29) is 0 Å². The van der Waals surface area contributed by atoms with E-state index in [0.29, 0.717) is 17.6 Å². The summed E-state index contributed by atoms with van der Waals surface area (Å²) < 4.78 is 5.79. The number of hydrogen-bond acceptors (Lipinski definition) is 3. The number of hydrogen-bond donors (Lipinski definition) is 1. The van der Waals surface area contributed by atoms with Gasteiger partial charge in [0.2, 0.25) is 0 Å². The van der Waals surface area contributed by atoms with Crippen LogP contribution in [-0.2, 0) is 4.74 Å². The van der Waals surface area contributed by atoms with E-state index in [2.05, 4.69) is 44.9 Å². The van der Waals surface area contributed by atoms with Crippen molar-refractivity contribution in [1.82, 2.24) is 5.32 Å². The van der Waals surface area contributed by atoms with Crippen molar-refractivity contribution in [2.45, 2.75) is 76.7 Å². The van der Waals surface area contributed by atoms with E-state index in [9.17, 15) is 0 Å². The van der Waals surface area contributed by atoms with Crippen molar-refractivity contribution >= 4 is 11.8 Å². The van der Waals surface area contributed by atoms with Crippen molar-refractivity contribution in [2.24, 2.45) is 11.3 Å². The highest BCUT2D eigenvalue weighted by molar-refractivity contribution is 8.00. The maximum absolute atomic E-state index is 5.79. The molecule has 3 heteroatoms. The van der Waals surface area contributed by atoms with Gasteiger partial charge in [-0.3, -0.25) is 0 Å². The molecule has 2 rings (SSSR count). The van der Waals surface area contributed by atoms with E-state index in [1.165, 1.54) is 44.3 Å². The first-order chi connectivity index (χ1) is 9.56. The fraction of sp³-hybridized carbons (Fsp3) is 1.00. The van der Waals surface area contributed by atoms with Crippen molar-refractivity contribution in [1.29, 1.82) is 0 Å². The second-order valence-corrected chi connectivity index (χ2v) is 8.53. The SMILES string of the molecule is CCC(C)(C)C1CCC(NC)C(SCC2CCCO2)C1. The molecule has 0 aromatic carbocycles. The van der Waals surface area contributed by atoms with Crippen LogP contribution in [0.1, 0.15) is 59.3 Å². The van der Waals surface area contributed by atoms with Gasteiger partial charge in [-0.2, -0.15) is 11.8 Å².